The van der Waals surface area contributed by atoms with Crippen LogP contribution in [0.4, 0.5) is 10.1 Å². The summed E-state index contributed by atoms with van der Waals surface area (Å²) in [5.41, 5.74) is 2.34. The predicted molar refractivity (Wildman–Crippen MR) is 58.1 cm³/mol. The number of hydrogen-bond acceptors (Lipinski definition) is 2. The van der Waals surface area contributed by atoms with E-state index in [9.17, 15) is 4.39 Å². The number of hydrogen-bond donors (Lipinski definition) is 1. The Bertz CT molecular complexity index is 440. The fourth-order valence-electron chi connectivity index (χ4n) is 1.53. The molecule has 78 valence electrons. The number of rotatable bonds is 2. The number of aryl methyl sites for hydroxylation is 1. The molecule has 0 radical (unpaired) electrons. The topological polar surface area (TPSA) is 29.9 Å². The second-order valence-electron chi connectivity index (χ2n) is 3.29. The number of nitrogens with zero attached hydrogens (tertiary/aromatic N) is 2. The van der Waals surface area contributed by atoms with Gasteiger partial charge in [0.25, 0.3) is 0 Å². The van der Waals surface area contributed by atoms with Crippen LogP contribution in [0.3, 0.4) is 0 Å². The number of anilines is 1. The van der Waals surface area contributed by atoms with Gasteiger partial charge in [-0.2, -0.15) is 5.10 Å². The van der Waals surface area contributed by atoms with E-state index < -0.39 is 0 Å². The van der Waals surface area contributed by atoms with Crippen molar-refractivity contribution in [2.75, 3.05) is 12.4 Å². The molecule has 1 aromatic carbocycles. The van der Waals surface area contributed by atoms with E-state index >= 15 is 0 Å². The zero-order chi connectivity index (χ0) is 10.8. The molecular formula is C11H12FN3. The van der Waals surface area contributed by atoms with E-state index in [4.69, 9.17) is 0 Å². The molecule has 0 unspecified atom stereocenters. The molecule has 0 aliphatic rings. The largest absolute Gasteiger partial charge is 0.388 e. The molecule has 0 fully saturated rings. The van der Waals surface area contributed by atoms with Crippen LogP contribution in [-0.2, 0) is 7.05 Å². The molecule has 3 nitrogen and oxygen atoms in total. The van der Waals surface area contributed by atoms with E-state index in [1.54, 1.807) is 7.05 Å². The molecule has 4 heteroatoms. The number of nitrogens with one attached hydrogen (secondary N) is 1. The fraction of sp³-hybridized carbons (Fsp3) is 0.182. The Kier molecular flexibility index (Phi) is 2.41. The number of aromatic nitrogens is 2. The fourth-order valence-corrected chi connectivity index (χ4v) is 1.53. The molecule has 0 saturated carbocycles. The third-order valence-electron chi connectivity index (χ3n) is 2.34. The predicted octanol–water partition coefficient (Wildman–Crippen LogP) is 2.27. The van der Waals surface area contributed by atoms with Gasteiger partial charge in [0.15, 0.2) is 5.82 Å². The summed E-state index contributed by atoms with van der Waals surface area (Å²) in [4.78, 5) is 0. The highest BCUT2D eigenvalue weighted by molar-refractivity contribution is 5.63. The van der Waals surface area contributed by atoms with Crippen LogP contribution >= 0.6 is 0 Å². The van der Waals surface area contributed by atoms with Crippen LogP contribution in [0.1, 0.15) is 0 Å². The van der Waals surface area contributed by atoms with E-state index in [-0.39, 0.29) is 5.82 Å². The summed E-state index contributed by atoms with van der Waals surface area (Å²) < 4.78 is 14.9. The van der Waals surface area contributed by atoms with E-state index in [2.05, 4.69) is 10.4 Å². The molecule has 0 bridgehead atoms. The standard InChI is InChI=1S/C11H12FN3/c1-13-9-5-3-8(4-6-9)11-10(12)7-14-15(11)2/h3-7,13H,1-2H3. The Morgan fingerprint density at radius 1 is 1.27 bits per heavy atom. The molecule has 1 N–H and O–H groups in total. The van der Waals surface area contributed by atoms with Gasteiger partial charge in [-0.3, -0.25) is 4.68 Å². The van der Waals surface area contributed by atoms with Gasteiger partial charge < -0.3 is 5.32 Å². The molecule has 0 atom stereocenters. The minimum atomic E-state index is -0.297. The molecule has 0 aliphatic carbocycles. The summed E-state index contributed by atoms with van der Waals surface area (Å²) in [5.74, 6) is -0.297. The molecule has 0 spiro atoms. The Morgan fingerprint density at radius 3 is 2.40 bits per heavy atom. The first-order chi connectivity index (χ1) is 7.22. The van der Waals surface area contributed by atoms with Gasteiger partial charge in [-0.05, 0) is 12.1 Å². The SMILES string of the molecule is CNc1ccc(-c2c(F)cnn2C)cc1. The van der Waals surface area contributed by atoms with Gasteiger partial charge in [-0.1, -0.05) is 12.1 Å². The lowest BCUT2D eigenvalue weighted by Gasteiger charge is -2.04. The Morgan fingerprint density at radius 2 is 1.93 bits per heavy atom. The van der Waals surface area contributed by atoms with Crippen molar-refractivity contribution in [2.45, 2.75) is 0 Å². The Labute approximate surface area is 87.5 Å². The highest BCUT2D eigenvalue weighted by Crippen LogP contribution is 2.23. The highest BCUT2D eigenvalue weighted by Gasteiger charge is 2.09. The van der Waals surface area contributed by atoms with Crippen molar-refractivity contribution in [3.63, 3.8) is 0 Å². The summed E-state index contributed by atoms with van der Waals surface area (Å²) in [7, 11) is 3.57. The normalized spacial score (nSPS) is 10.3. The second kappa shape index (κ2) is 3.73. The lowest BCUT2D eigenvalue weighted by Crippen LogP contribution is -1.95. The van der Waals surface area contributed by atoms with Crippen LogP contribution < -0.4 is 5.32 Å². The Balaban J connectivity index is 2.45. The maximum Gasteiger partial charge on any atom is 0.169 e. The van der Waals surface area contributed by atoms with Crippen LogP contribution in [-0.4, -0.2) is 16.8 Å². The van der Waals surface area contributed by atoms with Gasteiger partial charge in [-0.15, -0.1) is 0 Å². The molecule has 0 aliphatic heterocycles. The smallest absolute Gasteiger partial charge is 0.169 e. The molecular weight excluding hydrogens is 193 g/mol. The van der Waals surface area contributed by atoms with Crippen molar-refractivity contribution < 1.29 is 4.39 Å². The lowest BCUT2D eigenvalue weighted by molar-refractivity contribution is 0.629. The van der Waals surface area contributed by atoms with Crippen molar-refractivity contribution >= 4 is 5.69 Å². The first kappa shape index (κ1) is 9.71. The third kappa shape index (κ3) is 1.70. The molecule has 1 aromatic heterocycles. The van der Waals surface area contributed by atoms with E-state index in [1.807, 2.05) is 31.3 Å². The first-order valence-electron chi connectivity index (χ1n) is 4.68. The molecule has 15 heavy (non-hydrogen) atoms. The summed E-state index contributed by atoms with van der Waals surface area (Å²) in [6.07, 6.45) is 1.22. The molecule has 0 amide bonds. The third-order valence-corrected chi connectivity index (χ3v) is 2.34. The van der Waals surface area contributed by atoms with Crippen LogP contribution in [0.15, 0.2) is 30.5 Å². The first-order valence-corrected chi connectivity index (χ1v) is 4.68. The van der Waals surface area contributed by atoms with Gasteiger partial charge >= 0.3 is 0 Å². The molecule has 2 rings (SSSR count). The van der Waals surface area contributed by atoms with Crippen LogP contribution in [0.5, 0.6) is 0 Å². The molecule has 2 aromatic rings. The minimum absolute atomic E-state index is 0.297. The average molecular weight is 205 g/mol. The molecule has 0 saturated heterocycles. The average Bonchev–Trinajstić information content (AvgIpc) is 2.59. The van der Waals surface area contributed by atoms with Crippen LogP contribution in [0.25, 0.3) is 11.3 Å². The van der Waals surface area contributed by atoms with Crippen molar-refractivity contribution in [2.24, 2.45) is 7.05 Å². The second-order valence-corrected chi connectivity index (χ2v) is 3.29. The van der Waals surface area contributed by atoms with Crippen molar-refractivity contribution in [1.82, 2.24) is 9.78 Å². The summed E-state index contributed by atoms with van der Waals surface area (Å²) in [6, 6.07) is 7.54. The van der Waals surface area contributed by atoms with E-state index in [0.717, 1.165) is 11.3 Å². The maximum atomic E-state index is 13.4. The van der Waals surface area contributed by atoms with E-state index in [1.165, 1.54) is 10.9 Å². The van der Waals surface area contributed by atoms with Crippen LogP contribution in [0.2, 0.25) is 0 Å². The Hall–Kier alpha value is -1.84. The lowest BCUT2D eigenvalue weighted by atomic mass is 10.1. The quantitative estimate of drug-likeness (QED) is 0.815. The van der Waals surface area contributed by atoms with Gasteiger partial charge in [0, 0.05) is 25.3 Å². The highest BCUT2D eigenvalue weighted by atomic mass is 19.1. The van der Waals surface area contributed by atoms with Gasteiger partial charge in [0.1, 0.15) is 5.69 Å². The van der Waals surface area contributed by atoms with Crippen LogP contribution in [0, 0.1) is 5.82 Å². The van der Waals surface area contributed by atoms with Crippen molar-refractivity contribution in [3.05, 3.63) is 36.3 Å². The molecule has 1 heterocycles. The zero-order valence-electron chi connectivity index (χ0n) is 8.66. The summed E-state index contributed by atoms with van der Waals surface area (Å²) in [6.45, 7) is 0. The maximum absolute atomic E-state index is 13.4. The van der Waals surface area contributed by atoms with E-state index in [0.29, 0.717) is 5.69 Å². The number of halogens is 1. The van der Waals surface area contributed by atoms with Gasteiger partial charge in [0.05, 0.1) is 6.20 Å². The monoisotopic (exact) mass is 205 g/mol. The minimum Gasteiger partial charge on any atom is -0.388 e. The van der Waals surface area contributed by atoms with Crippen molar-refractivity contribution in [1.29, 1.82) is 0 Å². The van der Waals surface area contributed by atoms with Gasteiger partial charge in [0.2, 0.25) is 0 Å². The summed E-state index contributed by atoms with van der Waals surface area (Å²) >= 11 is 0. The zero-order valence-corrected chi connectivity index (χ0v) is 8.66. The van der Waals surface area contributed by atoms with Gasteiger partial charge in [-0.25, -0.2) is 4.39 Å². The number of benzene rings is 1. The van der Waals surface area contributed by atoms with Crippen molar-refractivity contribution in [3.8, 4) is 11.3 Å². The summed E-state index contributed by atoms with van der Waals surface area (Å²) in [5, 5.41) is 6.87.